The largest absolute Gasteiger partial charge is 0.238 e. The molecule has 0 aliphatic rings. The zero-order valence-corrected chi connectivity index (χ0v) is 3.35. The second-order valence-electron chi connectivity index (χ2n) is 0.643. The third kappa shape index (κ3) is 4.89. The topological polar surface area (TPSA) is 38.7 Å². The Morgan fingerprint density at radius 3 is 3.00 bits per heavy atom. The molecule has 0 radical (unpaired) electrons. The van der Waals surface area contributed by atoms with Crippen LogP contribution in [0.15, 0.2) is 5.18 Å². The van der Waals surface area contributed by atoms with Crippen LogP contribution in [0, 0.1) is 16.9 Å². The van der Waals surface area contributed by atoms with Gasteiger partial charge in [-0.3, -0.25) is 0 Å². The van der Waals surface area contributed by atoms with E-state index < -0.39 is 0 Å². The van der Waals surface area contributed by atoms with Crippen LogP contribution in [0.2, 0.25) is 0 Å². The Hall–Kier alpha value is -1.11. The van der Waals surface area contributed by atoms with Crippen molar-refractivity contribution in [1.82, 2.24) is 0 Å². The van der Waals surface area contributed by atoms with Crippen molar-refractivity contribution >= 4 is 0 Å². The lowest BCUT2D eigenvalue weighted by atomic mass is 10.7. The van der Waals surface area contributed by atoms with E-state index in [1.807, 2.05) is 5.92 Å². The summed E-state index contributed by atoms with van der Waals surface area (Å²) in [5.74, 6) is 1.96. The van der Waals surface area contributed by atoms with Gasteiger partial charge in [0.25, 0.3) is 0 Å². The fourth-order valence-corrected chi connectivity index (χ4v) is 0.0918. The van der Waals surface area contributed by atoms with Crippen molar-refractivity contribution in [1.29, 1.82) is 0 Å². The summed E-state index contributed by atoms with van der Waals surface area (Å²) in [6, 6.07) is 0. The molecule has 0 aromatic carbocycles. The van der Waals surface area contributed by atoms with Gasteiger partial charge in [0.1, 0.15) is 6.54 Å². The van der Waals surface area contributed by atoms with Crippen LogP contribution in [0.3, 0.4) is 0 Å². The lowest BCUT2D eigenvalue weighted by Crippen LogP contribution is -1.66. The van der Waals surface area contributed by atoms with Crippen LogP contribution in [-0.2, 0) is 4.94 Å². The van der Waals surface area contributed by atoms with Crippen LogP contribution in [0.4, 0.5) is 4.53 Å². The number of halogens is 1. The Kier molecular flexibility index (Phi) is 4.11. The molecule has 0 unspecified atom stereocenters. The van der Waals surface area contributed by atoms with E-state index in [-0.39, 0.29) is 6.54 Å². The fraction of sp³-hybridized carbons (Fsp3) is 0.333. The highest BCUT2D eigenvalue weighted by Crippen LogP contribution is 1.65. The highest BCUT2D eigenvalue weighted by atomic mass is 19.3. The van der Waals surface area contributed by atoms with Gasteiger partial charge in [-0.2, -0.15) is 0 Å². The maximum absolute atomic E-state index is 10.5. The van der Waals surface area contributed by atoms with E-state index in [9.17, 15) is 4.53 Å². The van der Waals surface area contributed by atoms with Gasteiger partial charge in [0.15, 0.2) is 6.11 Å². The summed E-state index contributed by atoms with van der Waals surface area (Å²) >= 11 is 0. The van der Waals surface area contributed by atoms with Gasteiger partial charge >= 0.3 is 0 Å². The van der Waals surface area contributed by atoms with Gasteiger partial charge in [0.2, 0.25) is 0 Å². The number of nitroso groups, excluding NO2 is 1. The average Bonchev–Trinajstić information content (AvgIpc) is 1.69. The van der Waals surface area contributed by atoms with Crippen molar-refractivity contribution in [3.63, 3.8) is 0 Å². The smallest absolute Gasteiger partial charge is 0.166 e. The molecule has 0 bridgehead atoms. The van der Waals surface area contributed by atoms with Crippen molar-refractivity contribution in [2.24, 2.45) is 5.18 Å². The van der Waals surface area contributed by atoms with E-state index in [0.717, 1.165) is 0 Å². The Balaban J connectivity index is 3.06. The molecule has 0 amide bonds. The van der Waals surface area contributed by atoms with Crippen LogP contribution in [0.5, 0.6) is 0 Å². The van der Waals surface area contributed by atoms with Crippen molar-refractivity contribution in [2.75, 3.05) is 6.54 Å². The molecule has 0 heterocycles. The highest BCUT2D eigenvalue weighted by Gasteiger charge is 1.66. The van der Waals surface area contributed by atoms with Crippen molar-refractivity contribution < 1.29 is 9.47 Å². The molecule has 0 rings (SSSR count). The van der Waals surface area contributed by atoms with E-state index in [1.54, 1.807) is 0 Å². The van der Waals surface area contributed by atoms with Crippen molar-refractivity contribution in [3.8, 4) is 12.0 Å². The molecule has 0 fully saturated rings. The molecule has 0 N–H and O–H groups in total. The third-order valence-electron chi connectivity index (χ3n) is 0.254. The van der Waals surface area contributed by atoms with Gasteiger partial charge in [-0.15, -0.1) is 4.91 Å². The predicted octanol–water partition coefficient (Wildman–Crippen LogP) is 0.615. The Bertz CT molecular complexity index is 103. The molecule has 0 atom stereocenters. The number of nitrogens with zero attached hydrogens (tertiary/aromatic N) is 1. The minimum atomic E-state index is -0.232. The minimum absolute atomic E-state index is 0.232. The quantitative estimate of drug-likeness (QED) is 0.360. The molecule has 4 heteroatoms. The van der Waals surface area contributed by atoms with E-state index >= 15 is 0 Å². The lowest BCUT2D eigenvalue weighted by molar-refractivity contribution is -0.0436. The first-order valence-electron chi connectivity index (χ1n) is 1.46. The Morgan fingerprint density at radius 1 is 1.86 bits per heavy atom. The molecule has 38 valence electrons. The molecule has 0 aromatic heterocycles. The molecule has 3 nitrogen and oxygen atoms in total. The fourth-order valence-electron chi connectivity index (χ4n) is 0.0918. The SMILES string of the molecule is O=NCC#COF. The zero-order valence-electron chi connectivity index (χ0n) is 3.35. The van der Waals surface area contributed by atoms with E-state index in [4.69, 9.17) is 4.91 Å². The first-order valence-corrected chi connectivity index (χ1v) is 1.46. The Morgan fingerprint density at radius 2 is 2.57 bits per heavy atom. The molecule has 0 saturated heterocycles. The van der Waals surface area contributed by atoms with Gasteiger partial charge < -0.3 is 0 Å². The van der Waals surface area contributed by atoms with Crippen molar-refractivity contribution in [2.45, 2.75) is 0 Å². The third-order valence-corrected chi connectivity index (χ3v) is 0.254. The molecule has 0 aliphatic heterocycles. The summed E-state index contributed by atoms with van der Waals surface area (Å²) in [5.41, 5.74) is 0. The molecule has 0 aliphatic carbocycles. The first-order chi connectivity index (χ1) is 3.41. The van der Waals surface area contributed by atoms with E-state index in [2.05, 4.69) is 10.1 Å². The molecular weight excluding hydrogens is 101 g/mol. The van der Waals surface area contributed by atoms with Crippen LogP contribution in [0.1, 0.15) is 0 Å². The minimum Gasteiger partial charge on any atom is -0.238 e. The van der Waals surface area contributed by atoms with Crippen LogP contribution in [-0.4, -0.2) is 6.54 Å². The zero-order chi connectivity index (χ0) is 5.54. The summed E-state index contributed by atoms with van der Waals surface area (Å²) < 4.78 is 10.5. The monoisotopic (exact) mass is 103 g/mol. The number of hydrogen-bond acceptors (Lipinski definition) is 3. The maximum atomic E-state index is 10.5. The second-order valence-corrected chi connectivity index (χ2v) is 0.643. The van der Waals surface area contributed by atoms with Crippen LogP contribution in [0.25, 0.3) is 0 Å². The van der Waals surface area contributed by atoms with Crippen molar-refractivity contribution in [3.05, 3.63) is 4.91 Å². The lowest BCUT2D eigenvalue weighted by Gasteiger charge is -1.64. The number of hydrogen-bond donors (Lipinski definition) is 0. The molecular formula is C3H2FNO2. The summed E-state index contributed by atoms with van der Waals surface area (Å²) in [6.45, 7) is -0.232. The van der Waals surface area contributed by atoms with E-state index in [1.165, 1.54) is 6.11 Å². The van der Waals surface area contributed by atoms with Crippen LogP contribution < -0.4 is 0 Å². The second kappa shape index (κ2) is 4.89. The van der Waals surface area contributed by atoms with Gasteiger partial charge in [-0.05, 0) is 5.92 Å². The highest BCUT2D eigenvalue weighted by molar-refractivity contribution is 4.92. The Labute approximate surface area is 39.3 Å². The standard InChI is InChI=1S/C3H2FNO2/c4-7-3-1-2-5-6/h2H2. The average molecular weight is 103 g/mol. The van der Waals surface area contributed by atoms with Gasteiger partial charge in [-0.1, -0.05) is 5.18 Å². The number of rotatable bonds is 1. The molecule has 0 spiro atoms. The van der Waals surface area contributed by atoms with Gasteiger partial charge in [-0.25, -0.2) is 4.94 Å². The summed E-state index contributed by atoms with van der Waals surface area (Å²) in [4.78, 5) is 11.9. The predicted molar refractivity (Wildman–Crippen MR) is 20.6 cm³/mol. The van der Waals surface area contributed by atoms with Crippen LogP contribution >= 0.6 is 0 Å². The van der Waals surface area contributed by atoms with Gasteiger partial charge in [0.05, 0.1) is 0 Å². The summed E-state index contributed by atoms with van der Waals surface area (Å²) in [5, 5.41) is 2.30. The summed E-state index contributed by atoms with van der Waals surface area (Å²) in [6.07, 6.45) is 1.54. The normalized spacial score (nSPS) is 5.86. The first kappa shape index (κ1) is 5.89. The van der Waals surface area contributed by atoms with E-state index in [0.29, 0.717) is 0 Å². The molecule has 0 saturated carbocycles. The molecule has 7 heavy (non-hydrogen) atoms. The summed E-state index contributed by atoms with van der Waals surface area (Å²) in [7, 11) is 0. The maximum Gasteiger partial charge on any atom is 0.166 e. The molecule has 0 aromatic rings. The van der Waals surface area contributed by atoms with Gasteiger partial charge in [0, 0.05) is 4.53 Å².